The lowest BCUT2D eigenvalue weighted by molar-refractivity contribution is -0.699. The van der Waals surface area contributed by atoms with E-state index < -0.39 is 11.8 Å². The van der Waals surface area contributed by atoms with Crippen LogP contribution in [-0.4, -0.2) is 29.4 Å². The summed E-state index contributed by atoms with van der Waals surface area (Å²) in [6.07, 6.45) is 3.94. The molecule has 2 N–H and O–H groups in total. The van der Waals surface area contributed by atoms with E-state index in [9.17, 15) is 9.59 Å². The number of rotatable bonds is 7. The second-order valence-electron chi connectivity index (χ2n) is 3.91. The van der Waals surface area contributed by atoms with Crippen LogP contribution in [0.15, 0.2) is 30.6 Å². The summed E-state index contributed by atoms with van der Waals surface area (Å²) in [6, 6.07) is 6.02. The van der Waals surface area contributed by atoms with Crippen molar-refractivity contribution in [2.24, 2.45) is 0 Å². The van der Waals surface area contributed by atoms with Crippen LogP contribution in [0.5, 0.6) is 0 Å². The maximum atomic E-state index is 10.8. The number of carboxylic acids is 1. The Morgan fingerprint density at radius 3 is 2.44 bits per heavy atom. The second-order valence-corrected chi connectivity index (χ2v) is 3.91. The van der Waals surface area contributed by atoms with Crippen LogP contribution in [0.3, 0.4) is 0 Å². The number of ketones is 1. The van der Waals surface area contributed by atoms with E-state index in [1.165, 1.54) is 0 Å². The van der Waals surface area contributed by atoms with E-state index in [-0.39, 0.29) is 36.4 Å². The van der Waals surface area contributed by atoms with Crippen molar-refractivity contribution in [3.63, 3.8) is 0 Å². The fraction of sp³-hybridized carbons (Fsp3) is 0.417. The Bertz CT molecular complexity index is 384. The molecule has 0 aliphatic rings. The number of carbonyl (C=O) groups is 2. The molecule has 1 aromatic rings. The molecule has 0 amide bonds. The summed E-state index contributed by atoms with van der Waals surface area (Å²) in [5.41, 5.74) is 0. The van der Waals surface area contributed by atoms with Crippen LogP contribution in [0.25, 0.3) is 0 Å². The Balaban J connectivity index is 0.00000289. The molecule has 0 bridgehead atoms. The summed E-state index contributed by atoms with van der Waals surface area (Å²) in [6.45, 7) is 3.16. The van der Waals surface area contributed by atoms with E-state index in [2.05, 4.69) is 5.32 Å². The van der Waals surface area contributed by atoms with Gasteiger partial charge >= 0.3 is 5.97 Å². The highest BCUT2D eigenvalue weighted by Crippen LogP contribution is 1.87. The lowest BCUT2D eigenvalue weighted by Gasteiger charge is -2.09. The molecule has 1 heterocycles. The number of hydrogen-bond donors (Lipinski definition) is 2. The summed E-state index contributed by atoms with van der Waals surface area (Å²) in [4.78, 5) is 21.1. The molecular formula is C12H17IN2O3. The molecule has 0 spiro atoms. The SMILES string of the molecule is CC(C[n+]1ccccc1)NCCC(=O)C(=O)O.[I-]. The van der Waals surface area contributed by atoms with Gasteiger partial charge in [0.15, 0.2) is 18.9 Å². The van der Waals surface area contributed by atoms with Crippen molar-refractivity contribution in [3.05, 3.63) is 30.6 Å². The van der Waals surface area contributed by atoms with Crippen molar-refractivity contribution in [1.82, 2.24) is 5.32 Å². The minimum absolute atomic E-state index is 0. The number of aliphatic carboxylic acids is 1. The van der Waals surface area contributed by atoms with Crippen molar-refractivity contribution >= 4 is 11.8 Å². The van der Waals surface area contributed by atoms with Crippen molar-refractivity contribution in [1.29, 1.82) is 0 Å². The van der Waals surface area contributed by atoms with Gasteiger partial charge in [-0.2, -0.15) is 0 Å². The Labute approximate surface area is 123 Å². The van der Waals surface area contributed by atoms with Crippen molar-refractivity contribution < 1.29 is 43.2 Å². The molecule has 0 saturated carbocycles. The summed E-state index contributed by atoms with van der Waals surface area (Å²) in [5.74, 6) is -2.12. The van der Waals surface area contributed by atoms with Gasteiger partial charge in [0.25, 0.3) is 0 Å². The van der Waals surface area contributed by atoms with Gasteiger partial charge in [0.2, 0.25) is 5.78 Å². The lowest BCUT2D eigenvalue weighted by Crippen LogP contribution is -3.00. The number of pyridine rings is 1. The molecule has 6 heteroatoms. The number of carbonyl (C=O) groups excluding carboxylic acids is 1. The molecule has 1 unspecified atom stereocenters. The molecule has 1 aromatic heterocycles. The van der Waals surface area contributed by atoms with Gasteiger partial charge in [-0.25, -0.2) is 9.36 Å². The summed E-state index contributed by atoms with van der Waals surface area (Å²) >= 11 is 0. The Morgan fingerprint density at radius 2 is 1.89 bits per heavy atom. The van der Waals surface area contributed by atoms with E-state index in [0.717, 1.165) is 6.54 Å². The largest absolute Gasteiger partial charge is 1.00 e. The zero-order valence-electron chi connectivity index (χ0n) is 10.2. The van der Waals surface area contributed by atoms with Crippen LogP contribution < -0.4 is 33.9 Å². The molecule has 0 fully saturated rings. The number of hydrogen-bond acceptors (Lipinski definition) is 3. The summed E-state index contributed by atoms with van der Waals surface area (Å²) in [7, 11) is 0. The normalized spacial score (nSPS) is 11.4. The van der Waals surface area contributed by atoms with E-state index in [4.69, 9.17) is 5.11 Å². The van der Waals surface area contributed by atoms with Gasteiger partial charge in [0.05, 0.1) is 6.04 Å². The van der Waals surface area contributed by atoms with E-state index in [1.54, 1.807) is 0 Å². The molecule has 100 valence electrons. The van der Waals surface area contributed by atoms with Crippen molar-refractivity contribution in [2.45, 2.75) is 25.9 Å². The second kappa shape index (κ2) is 8.98. The molecule has 0 aliphatic carbocycles. The highest BCUT2D eigenvalue weighted by Gasteiger charge is 2.12. The number of Topliss-reactive ketones (excluding diaryl/α,β-unsaturated/α-hetero) is 1. The fourth-order valence-corrected chi connectivity index (χ4v) is 1.48. The minimum Gasteiger partial charge on any atom is -1.00 e. The predicted octanol–water partition coefficient (Wildman–Crippen LogP) is -3.00. The molecule has 1 atom stereocenters. The van der Waals surface area contributed by atoms with Gasteiger partial charge in [0.1, 0.15) is 0 Å². The quantitative estimate of drug-likeness (QED) is 0.308. The van der Waals surface area contributed by atoms with Crippen LogP contribution in [0.1, 0.15) is 13.3 Å². The molecule has 5 nitrogen and oxygen atoms in total. The number of nitrogens with zero attached hydrogens (tertiary/aromatic N) is 1. The Morgan fingerprint density at radius 1 is 1.28 bits per heavy atom. The topological polar surface area (TPSA) is 70.3 Å². The molecule has 1 rings (SSSR count). The van der Waals surface area contributed by atoms with Gasteiger partial charge in [-0.15, -0.1) is 0 Å². The highest BCUT2D eigenvalue weighted by atomic mass is 127. The van der Waals surface area contributed by atoms with Crippen LogP contribution in [0, 0.1) is 0 Å². The summed E-state index contributed by atoms with van der Waals surface area (Å²) in [5, 5.41) is 11.5. The fourth-order valence-electron chi connectivity index (χ4n) is 1.48. The van der Waals surface area contributed by atoms with Crippen molar-refractivity contribution in [2.75, 3.05) is 6.54 Å². The van der Waals surface area contributed by atoms with Gasteiger partial charge in [0, 0.05) is 25.1 Å². The molecule has 0 aromatic carbocycles. The number of carboxylic acid groups (broad SMARTS) is 1. The van der Waals surface area contributed by atoms with E-state index >= 15 is 0 Å². The zero-order chi connectivity index (χ0) is 12.7. The van der Waals surface area contributed by atoms with Gasteiger partial charge < -0.3 is 34.4 Å². The Hall–Kier alpha value is -1.02. The standard InChI is InChI=1S/C12H16N2O3.HI/c1-10(9-14-7-3-2-4-8-14)13-6-5-11(15)12(16)17;/h2-4,7-8,10,13H,5-6,9H2,1H3;1H. The first-order valence-corrected chi connectivity index (χ1v) is 5.53. The molecule has 0 saturated heterocycles. The maximum absolute atomic E-state index is 10.8. The van der Waals surface area contributed by atoms with Gasteiger partial charge in [-0.3, -0.25) is 4.79 Å². The molecule has 18 heavy (non-hydrogen) atoms. The van der Waals surface area contributed by atoms with Gasteiger partial charge in [-0.1, -0.05) is 6.07 Å². The number of halogens is 1. The average molecular weight is 364 g/mol. The van der Waals surface area contributed by atoms with E-state index in [0.29, 0.717) is 6.54 Å². The Kier molecular flexibility index (Phi) is 8.47. The predicted molar refractivity (Wildman–Crippen MR) is 61.4 cm³/mol. The van der Waals surface area contributed by atoms with Gasteiger partial charge in [-0.05, 0) is 6.92 Å². The van der Waals surface area contributed by atoms with E-state index in [1.807, 2.05) is 42.1 Å². The summed E-state index contributed by atoms with van der Waals surface area (Å²) < 4.78 is 2.02. The monoisotopic (exact) mass is 364 g/mol. The zero-order valence-corrected chi connectivity index (χ0v) is 12.3. The van der Waals surface area contributed by atoms with Crippen LogP contribution in [0.4, 0.5) is 0 Å². The molecule has 0 radical (unpaired) electrons. The third-order valence-electron chi connectivity index (χ3n) is 2.35. The third-order valence-corrected chi connectivity index (χ3v) is 2.35. The smallest absolute Gasteiger partial charge is 0.372 e. The maximum Gasteiger partial charge on any atom is 0.372 e. The number of aromatic nitrogens is 1. The van der Waals surface area contributed by atoms with Crippen LogP contribution in [-0.2, 0) is 16.1 Å². The lowest BCUT2D eigenvalue weighted by atomic mass is 10.2. The third kappa shape index (κ3) is 6.65. The van der Waals surface area contributed by atoms with Crippen LogP contribution in [0.2, 0.25) is 0 Å². The highest BCUT2D eigenvalue weighted by molar-refractivity contribution is 6.32. The van der Waals surface area contributed by atoms with Crippen LogP contribution >= 0.6 is 0 Å². The average Bonchev–Trinajstić information content (AvgIpc) is 2.30. The molecular weight excluding hydrogens is 347 g/mol. The first-order chi connectivity index (χ1) is 8.09. The molecule has 0 aliphatic heterocycles. The minimum atomic E-state index is -1.36. The number of nitrogens with one attached hydrogen (secondary N) is 1. The first-order valence-electron chi connectivity index (χ1n) is 5.53. The van der Waals surface area contributed by atoms with Crippen molar-refractivity contribution in [3.8, 4) is 0 Å². The first kappa shape index (κ1) is 17.0.